The Morgan fingerprint density at radius 3 is 2.68 bits per heavy atom. The van der Waals surface area contributed by atoms with Crippen LogP contribution in [0, 0.1) is 0 Å². The minimum atomic E-state index is 0.582. The second kappa shape index (κ2) is 6.76. The summed E-state index contributed by atoms with van der Waals surface area (Å²) in [6.07, 6.45) is 3.86. The third-order valence-corrected chi connectivity index (χ3v) is 4.47. The number of hydrogen-bond acceptors (Lipinski definition) is 2. The van der Waals surface area contributed by atoms with Crippen molar-refractivity contribution >= 4 is 21.6 Å². The lowest BCUT2D eigenvalue weighted by Crippen LogP contribution is -2.33. The summed E-state index contributed by atoms with van der Waals surface area (Å²) in [4.78, 5) is 2.51. The summed E-state index contributed by atoms with van der Waals surface area (Å²) in [5.74, 6) is 0. The zero-order valence-corrected chi connectivity index (χ0v) is 13.8. The molecule has 19 heavy (non-hydrogen) atoms. The van der Waals surface area contributed by atoms with Gasteiger partial charge in [-0.1, -0.05) is 28.9 Å². The Kier molecular flexibility index (Phi) is 5.28. The van der Waals surface area contributed by atoms with Gasteiger partial charge in [0.25, 0.3) is 0 Å². The van der Waals surface area contributed by atoms with E-state index in [1.165, 1.54) is 35.0 Å². The summed E-state index contributed by atoms with van der Waals surface area (Å²) in [6, 6.07) is 8.01. The highest BCUT2D eigenvalue weighted by Gasteiger charge is 2.21. The molecule has 0 aromatic heterocycles. The lowest BCUT2D eigenvalue weighted by atomic mass is 10.1. The van der Waals surface area contributed by atoms with E-state index in [0.29, 0.717) is 6.04 Å². The second-order valence-electron chi connectivity index (χ2n) is 5.47. The quantitative estimate of drug-likeness (QED) is 0.803. The number of nitrogens with zero attached hydrogens (tertiary/aromatic N) is 1. The number of anilines is 1. The molecule has 0 radical (unpaired) electrons. The molecule has 106 valence electrons. The van der Waals surface area contributed by atoms with Gasteiger partial charge in [0, 0.05) is 35.3 Å². The molecule has 0 saturated heterocycles. The molecule has 0 heterocycles. The summed E-state index contributed by atoms with van der Waals surface area (Å²) in [5.41, 5.74) is 2.79. The molecule has 1 N–H and O–H groups in total. The van der Waals surface area contributed by atoms with Crippen molar-refractivity contribution < 1.29 is 0 Å². The van der Waals surface area contributed by atoms with Gasteiger partial charge in [-0.05, 0) is 50.8 Å². The molecule has 2 rings (SSSR count). The summed E-state index contributed by atoms with van der Waals surface area (Å²) in [6.45, 7) is 8.85. The van der Waals surface area contributed by atoms with Crippen molar-refractivity contribution in [3.05, 3.63) is 28.2 Å². The molecule has 0 bridgehead atoms. The van der Waals surface area contributed by atoms with Gasteiger partial charge in [-0.25, -0.2) is 0 Å². The Hall–Kier alpha value is -0.540. The Balaban J connectivity index is 2.20. The third-order valence-electron chi connectivity index (χ3n) is 3.98. The van der Waals surface area contributed by atoms with E-state index >= 15 is 0 Å². The molecule has 1 aliphatic rings. The maximum atomic E-state index is 3.63. The second-order valence-corrected chi connectivity index (χ2v) is 6.39. The van der Waals surface area contributed by atoms with Crippen molar-refractivity contribution in [2.75, 3.05) is 11.4 Å². The van der Waals surface area contributed by atoms with Gasteiger partial charge in [-0.3, -0.25) is 0 Å². The summed E-state index contributed by atoms with van der Waals surface area (Å²) < 4.78 is 1.17. The molecule has 2 nitrogen and oxygen atoms in total. The van der Waals surface area contributed by atoms with Crippen LogP contribution < -0.4 is 10.2 Å². The van der Waals surface area contributed by atoms with Gasteiger partial charge >= 0.3 is 0 Å². The third kappa shape index (κ3) is 3.96. The number of hydrogen-bond donors (Lipinski definition) is 1. The molecule has 3 heteroatoms. The first kappa shape index (κ1) is 14.9. The number of benzene rings is 1. The van der Waals surface area contributed by atoms with Gasteiger partial charge in [0.05, 0.1) is 0 Å². The van der Waals surface area contributed by atoms with Gasteiger partial charge < -0.3 is 10.2 Å². The molecule has 0 spiro atoms. The highest BCUT2D eigenvalue weighted by Crippen LogP contribution is 2.28. The lowest BCUT2D eigenvalue weighted by Gasteiger charge is -2.31. The van der Waals surface area contributed by atoms with Gasteiger partial charge in [-0.2, -0.15) is 0 Å². The van der Waals surface area contributed by atoms with Crippen molar-refractivity contribution in [1.29, 1.82) is 0 Å². The Morgan fingerprint density at radius 2 is 2.11 bits per heavy atom. The van der Waals surface area contributed by atoms with E-state index in [0.717, 1.165) is 19.1 Å². The van der Waals surface area contributed by atoms with E-state index in [1.54, 1.807) is 0 Å². The van der Waals surface area contributed by atoms with Gasteiger partial charge in [0.15, 0.2) is 0 Å². The largest absolute Gasteiger partial charge is 0.369 e. The zero-order chi connectivity index (χ0) is 13.8. The van der Waals surface area contributed by atoms with Gasteiger partial charge in [-0.15, -0.1) is 0 Å². The first-order valence-corrected chi connectivity index (χ1v) is 8.23. The molecule has 1 fully saturated rings. The summed E-state index contributed by atoms with van der Waals surface area (Å²) in [7, 11) is 0. The Labute approximate surface area is 125 Å². The van der Waals surface area contributed by atoms with Crippen LogP contribution in [0.1, 0.15) is 45.6 Å². The van der Waals surface area contributed by atoms with Gasteiger partial charge in [0.2, 0.25) is 0 Å². The molecule has 1 atom stereocenters. The van der Waals surface area contributed by atoms with Crippen molar-refractivity contribution in [1.82, 2.24) is 5.32 Å². The predicted molar refractivity (Wildman–Crippen MR) is 86.8 cm³/mol. The molecular formula is C16H25BrN2. The van der Waals surface area contributed by atoms with Crippen LogP contribution in [-0.2, 0) is 6.54 Å². The average Bonchev–Trinajstić information content (AvgIpc) is 3.22. The van der Waals surface area contributed by atoms with Crippen molar-refractivity contribution in [3.63, 3.8) is 0 Å². The Bertz CT molecular complexity index is 415. The van der Waals surface area contributed by atoms with Gasteiger partial charge in [0.1, 0.15) is 0 Å². The van der Waals surface area contributed by atoms with Crippen LogP contribution >= 0.6 is 15.9 Å². The van der Waals surface area contributed by atoms with Crippen LogP contribution in [0.5, 0.6) is 0 Å². The molecule has 1 aliphatic carbocycles. The van der Waals surface area contributed by atoms with E-state index in [2.05, 4.69) is 65.1 Å². The number of nitrogens with one attached hydrogen (secondary N) is 1. The number of rotatable bonds is 7. The highest BCUT2D eigenvalue weighted by molar-refractivity contribution is 9.10. The standard InChI is InChI=1S/C16H25BrN2/c1-4-12(3)19(5-2)16-10-14(17)7-6-13(16)11-18-15-8-9-15/h6-7,10,12,15,18H,4-5,8-9,11H2,1-3H3. The van der Waals surface area contributed by atoms with Crippen LogP contribution in [0.2, 0.25) is 0 Å². The molecule has 1 saturated carbocycles. The SMILES string of the molecule is CCC(C)N(CC)c1cc(Br)ccc1CNC1CC1. The normalized spacial score (nSPS) is 16.4. The van der Waals surface area contributed by atoms with E-state index < -0.39 is 0 Å². The predicted octanol–water partition coefficient (Wildman–Crippen LogP) is 4.33. The molecule has 1 aromatic carbocycles. The topological polar surface area (TPSA) is 15.3 Å². The smallest absolute Gasteiger partial charge is 0.0425 e. The van der Waals surface area contributed by atoms with E-state index in [-0.39, 0.29) is 0 Å². The lowest BCUT2D eigenvalue weighted by molar-refractivity contribution is 0.621. The van der Waals surface area contributed by atoms with Crippen molar-refractivity contribution in [3.8, 4) is 0 Å². The average molecular weight is 325 g/mol. The highest BCUT2D eigenvalue weighted by atomic mass is 79.9. The van der Waals surface area contributed by atoms with E-state index in [1.807, 2.05) is 0 Å². The van der Waals surface area contributed by atoms with Crippen LogP contribution in [-0.4, -0.2) is 18.6 Å². The minimum Gasteiger partial charge on any atom is -0.369 e. The summed E-state index contributed by atoms with van der Waals surface area (Å²) >= 11 is 3.61. The fourth-order valence-corrected chi connectivity index (χ4v) is 2.78. The zero-order valence-electron chi connectivity index (χ0n) is 12.2. The molecule has 1 aromatic rings. The summed E-state index contributed by atoms with van der Waals surface area (Å²) in [5, 5.41) is 3.63. The maximum absolute atomic E-state index is 3.63. The molecule has 0 aliphatic heterocycles. The van der Waals surface area contributed by atoms with Crippen molar-refractivity contribution in [2.24, 2.45) is 0 Å². The molecular weight excluding hydrogens is 300 g/mol. The molecule has 1 unspecified atom stereocenters. The first-order valence-electron chi connectivity index (χ1n) is 7.44. The number of halogens is 1. The molecule has 0 amide bonds. The first-order chi connectivity index (χ1) is 9.15. The van der Waals surface area contributed by atoms with Crippen LogP contribution in [0.25, 0.3) is 0 Å². The van der Waals surface area contributed by atoms with E-state index in [9.17, 15) is 0 Å². The monoisotopic (exact) mass is 324 g/mol. The fraction of sp³-hybridized carbons (Fsp3) is 0.625. The fourth-order valence-electron chi connectivity index (χ4n) is 2.44. The van der Waals surface area contributed by atoms with Crippen LogP contribution in [0.4, 0.5) is 5.69 Å². The van der Waals surface area contributed by atoms with E-state index in [4.69, 9.17) is 0 Å². The minimum absolute atomic E-state index is 0.582. The Morgan fingerprint density at radius 1 is 1.37 bits per heavy atom. The maximum Gasteiger partial charge on any atom is 0.0425 e. The van der Waals surface area contributed by atoms with Crippen LogP contribution in [0.3, 0.4) is 0 Å². The van der Waals surface area contributed by atoms with Crippen molar-refractivity contribution in [2.45, 2.75) is 58.7 Å². The van der Waals surface area contributed by atoms with Crippen LogP contribution in [0.15, 0.2) is 22.7 Å².